The molecule has 0 bridgehead atoms. The Morgan fingerprint density at radius 3 is 2.42 bits per heavy atom. The SMILES string of the molecule is COCC(Nc1cc(C)c([N+](=O)[O-])cc1C)C(C)C. The summed E-state index contributed by atoms with van der Waals surface area (Å²) in [6, 6.07) is 3.63. The number of benzene rings is 1. The zero-order valence-electron chi connectivity index (χ0n) is 12.2. The Kier molecular flexibility index (Phi) is 5.30. The maximum absolute atomic E-state index is 10.9. The number of nitrogens with one attached hydrogen (secondary N) is 1. The first-order chi connectivity index (χ1) is 8.86. The molecule has 1 aromatic carbocycles. The fourth-order valence-corrected chi connectivity index (χ4v) is 1.93. The number of hydrogen-bond donors (Lipinski definition) is 1. The summed E-state index contributed by atoms with van der Waals surface area (Å²) in [4.78, 5) is 10.5. The third-order valence-electron chi connectivity index (χ3n) is 3.23. The molecule has 5 nitrogen and oxygen atoms in total. The van der Waals surface area contributed by atoms with Gasteiger partial charge in [-0.1, -0.05) is 13.8 Å². The van der Waals surface area contributed by atoms with E-state index in [0.29, 0.717) is 18.1 Å². The Labute approximate surface area is 114 Å². The Bertz CT molecular complexity index is 458. The minimum Gasteiger partial charge on any atom is -0.383 e. The van der Waals surface area contributed by atoms with Crippen LogP contribution in [0, 0.1) is 29.9 Å². The molecule has 1 rings (SSSR count). The number of ether oxygens (including phenoxy) is 1. The van der Waals surface area contributed by atoms with Crippen molar-refractivity contribution >= 4 is 11.4 Å². The van der Waals surface area contributed by atoms with E-state index < -0.39 is 0 Å². The van der Waals surface area contributed by atoms with Crippen LogP contribution in [0.1, 0.15) is 25.0 Å². The van der Waals surface area contributed by atoms with Gasteiger partial charge in [-0.15, -0.1) is 0 Å². The monoisotopic (exact) mass is 266 g/mol. The summed E-state index contributed by atoms with van der Waals surface area (Å²) in [5.41, 5.74) is 2.63. The quantitative estimate of drug-likeness (QED) is 0.634. The number of rotatable bonds is 6. The van der Waals surface area contributed by atoms with Gasteiger partial charge in [0.2, 0.25) is 0 Å². The van der Waals surface area contributed by atoms with Crippen LogP contribution in [0.15, 0.2) is 12.1 Å². The summed E-state index contributed by atoms with van der Waals surface area (Å²) in [6.45, 7) is 8.46. The number of nitrogens with zero attached hydrogens (tertiary/aromatic N) is 1. The standard InChI is InChI=1S/C14H22N2O3/c1-9(2)13(8-19-5)15-12-6-11(4)14(16(17)18)7-10(12)3/h6-7,9,13,15H,8H2,1-5H3. The number of nitro groups is 1. The lowest BCUT2D eigenvalue weighted by molar-refractivity contribution is -0.385. The van der Waals surface area contributed by atoms with Crippen molar-refractivity contribution in [1.29, 1.82) is 0 Å². The Hall–Kier alpha value is -1.62. The van der Waals surface area contributed by atoms with Crippen molar-refractivity contribution in [3.8, 4) is 0 Å². The van der Waals surface area contributed by atoms with E-state index in [-0.39, 0.29) is 16.7 Å². The van der Waals surface area contributed by atoms with E-state index in [1.54, 1.807) is 20.1 Å². The van der Waals surface area contributed by atoms with E-state index in [4.69, 9.17) is 4.74 Å². The fourth-order valence-electron chi connectivity index (χ4n) is 1.93. The average molecular weight is 266 g/mol. The van der Waals surface area contributed by atoms with Crippen molar-refractivity contribution in [2.75, 3.05) is 19.0 Å². The summed E-state index contributed by atoms with van der Waals surface area (Å²) in [7, 11) is 1.67. The molecule has 0 aliphatic heterocycles. The predicted octanol–water partition coefficient (Wildman–Crippen LogP) is 3.29. The zero-order valence-corrected chi connectivity index (χ0v) is 12.2. The van der Waals surface area contributed by atoms with Gasteiger partial charge in [-0.25, -0.2) is 0 Å². The number of nitro benzene ring substituents is 1. The average Bonchev–Trinajstić information content (AvgIpc) is 2.32. The van der Waals surface area contributed by atoms with Crippen molar-refractivity contribution in [2.24, 2.45) is 5.92 Å². The van der Waals surface area contributed by atoms with Crippen LogP contribution in [0.5, 0.6) is 0 Å². The van der Waals surface area contributed by atoms with Gasteiger partial charge < -0.3 is 10.1 Å². The number of methoxy groups -OCH3 is 1. The molecule has 1 aromatic rings. The van der Waals surface area contributed by atoms with Gasteiger partial charge in [0.05, 0.1) is 17.6 Å². The smallest absolute Gasteiger partial charge is 0.272 e. The molecule has 1 unspecified atom stereocenters. The molecular formula is C14H22N2O3. The van der Waals surface area contributed by atoms with Gasteiger partial charge in [-0.2, -0.15) is 0 Å². The molecule has 0 aromatic heterocycles. The van der Waals surface area contributed by atoms with Gasteiger partial charge in [0, 0.05) is 24.4 Å². The molecule has 0 saturated carbocycles. The molecule has 1 N–H and O–H groups in total. The minimum absolute atomic E-state index is 0.163. The van der Waals surface area contributed by atoms with Crippen LogP contribution in [0.2, 0.25) is 0 Å². The Morgan fingerprint density at radius 2 is 1.95 bits per heavy atom. The van der Waals surface area contributed by atoms with Crippen molar-refractivity contribution < 1.29 is 9.66 Å². The van der Waals surface area contributed by atoms with E-state index in [2.05, 4.69) is 19.2 Å². The van der Waals surface area contributed by atoms with Crippen LogP contribution in [0.4, 0.5) is 11.4 Å². The van der Waals surface area contributed by atoms with E-state index in [9.17, 15) is 10.1 Å². The maximum Gasteiger partial charge on any atom is 0.272 e. The van der Waals surface area contributed by atoms with Gasteiger partial charge in [-0.05, 0) is 31.4 Å². The lowest BCUT2D eigenvalue weighted by Crippen LogP contribution is -2.30. The predicted molar refractivity (Wildman–Crippen MR) is 76.7 cm³/mol. The third kappa shape index (κ3) is 3.92. The van der Waals surface area contributed by atoms with Crippen LogP contribution >= 0.6 is 0 Å². The molecule has 0 fully saturated rings. The highest BCUT2D eigenvalue weighted by atomic mass is 16.6. The Morgan fingerprint density at radius 1 is 1.32 bits per heavy atom. The first-order valence-electron chi connectivity index (χ1n) is 6.38. The highest BCUT2D eigenvalue weighted by Crippen LogP contribution is 2.27. The van der Waals surface area contributed by atoms with E-state index >= 15 is 0 Å². The van der Waals surface area contributed by atoms with Crippen LogP contribution < -0.4 is 5.32 Å². The second kappa shape index (κ2) is 6.52. The topological polar surface area (TPSA) is 64.4 Å². The second-order valence-corrected chi connectivity index (χ2v) is 5.16. The molecule has 106 valence electrons. The largest absolute Gasteiger partial charge is 0.383 e. The summed E-state index contributed by atoms with van der Waals surface area (Å²) in [6.07, 6.45) is 0. The molecule has 0 spiro atoms. The third-order valence-corrected chi connectivity index (χ3v) is 3.23. The minimum atomic E-state index is -0.346. The first-order valence-corrected chi connectivity index (χ1v) is 6.38. The fraction of sp³-hybridized carbons (Fsp3) is 0.571. The molecule has 0 saturated heterocycles. The zero-order chi connectivity index (χ0) is 14.6. The lowest BCUT2D eigenvalue weighted by atomic mass is 10.0. The second-order valence-electron chi connectivity index (χ2n) is 5.16. The van der Waals surface area contributed by atoms with Crippen LogP contribution in [-0.4, -0.2) is 24.7 Å². The maximum atomic E-state index is 10.9. The van der Waals surface area contributed by atoms with E-state index in [1.807, 2.05) is 13.0 Å². The molecule has 0 aliphatic rings. The van der Waals surface area contributed by atoms with Gasteiger partial charge in [0.15, 0.2) is 0 Å². The molecule has 5 heteroatoms. The van der Waals surface area contributed by atoms with Crippen LogP contribution in [0.25, 0.3) is 0 Å². The molecule has 19 heavy (non-hydrogen) atoms. The van der Waals surface area contributed by atoms with Crippen molar-refractivity contribution in [2.45, 2.75) is 33.7 Å². The van der Waals surface area contributed by atoms with Crippen LogP contribution in [-0.2, 0) is 4.74 Å². The summed E-state index contributed by atoms with van der Waals surface area (Å²) in [5, 5.41) is 14.3. The molecular weight excluding hydrogens is 244 g/mol. The first kappa shape index (κ1) is 15.4. The highest BCUT2D eigenvalue weighted by molar-refractivity contribution is 5.59. The molecule has 0 heterocycles. The van der Waals surface area contributed by atoms with Crippen molar-refractivity contribution in [1.82, 2.24) is 0 Å². The van der Waals surface area contributed by atoms with E-state index in [1.165, 1.54) is 0 Å². The summed E-state index contributed by atoms with van der Waals surface area (Å²) in [5.74, 6) is 0.412. The molecule has 0 radical (unpaired) electrons. The molecule has 0 aliphatic carbocycles. The van der Waals surface area contributed by atoms with Gasteiger partial charge in [0.1, 0.15) is 0 Å². The van der Waals surface area contributed by atoms with Crippen molar-refractivity contribution in [3.05, 3.63) is 33.4 Å². The number of anilines is 1. The Balaban J connectivity index is 3.01. The van der Waals surface area contributed by atoms with Crippen molar-refractivity contribution in [3.63, 3.8) is 0 Å². The van der Waals surface area contributed by atoms with Gasteiger partial charge in [-0.3, -0.25) is 10.1 Å². The molecule has 0 amide bonds. The normalized spacial score (nSPS) is 12.5. The highest BCUT2D eigenvalue weighted by Gasteiger charge is 2.17. The lowest BCUT2D eigenvalue weighted by Gasteiger charge is -2.24. The van der Waals surface area contributed by atoms with Gasteiger partial charge >= 0.3 is 0 Å². The number of hydrogen-bond acceptors (Lipinski definition) is 4. The van der Waals surface area contributed by atoms with Gasteiger partial charge in [0.25, 0.3) is 5.69 Å². The van der Waals surface area contributed by atoms with Crippen LogP contribution in [0.3, 0.4) is 0 Å². The molecule has 1 atom stereocenters. The summed E-state index contributed by atoms with van der Waals surface area (Å²) < 4.78 is 5.20. The number of aryl methyl sites for hydroxylation is 2. The van der Waals surface area contributed by atoms with E-state index in [0.717, 1.165) is 11.3 Å². The summed E-state index contributed by atoms with van der Waals surface area (Å²) >= 11 is 0.